The van der Waals surface area contributed by atoms with Crippen molar-refractivity contribution >= 4 is 64.4 Å². The lowest BCUT2D eigenvalue weighted by Gasteiger charge is -2.18. The minimum Gasteiger partial charge on any atom is -0.492 e. The summed E-state index contributed by atoms with van der Waals surface area (Å²) in [5.74, 6) is 0.749. The van der Waals surface area contributed by atoms with Gasteiger partial charge in [-0.1, -0.05) is 88.9 Å². The lowest BCUT2D eigenvalue weighted by atomic mass is 10.1. The topological polar surface area (TPSA) is 98.3 Å². The molecule has 1 atom stereocenters. The highest BCUT2D eigenvalue weighted by Gasteiger charge is 2.21. The minimum absolute atomic E-state index is 0.137. The van der Waals surface area contributed by atoms with Gasteiger partial charge in [0.15, 0.2) is 11.5 Å². The number of hydrazone groups is 1. The van der Waals surface area contributed by atoms with Crippen LogP contribution in [-0.2, 0) is 29.0 Å². The Morgan fingerprint density at radius 3 is 2.30 bits per heavy atom. The Labute approximate surface area is 312 Å². The molecule has 0 heterocycles. The zero-order valence-electron chi connectivity index (χ0n) is 27.4. The molecule has 0 radical (unpaired) electrons. The smallest absolute Gasteiger partial charge is 0.262 e. The van der Waals surface area contributed by atoms with Crippen molar-refractivity contribution in [2.24, 2.45) is 5.10 Å². The number of halogens is 4. The Bertz CT molecular complexity index is 1800. The molecule has 4 aromatic rings. The number of carbonyl (C=O) groups is 2. The van der Waals surface area contributed by atoms with Gasteiger partial charge in [-0.3, -0.25) is 9.59 Å². The van der Waals surface area contributed by atoms with Crippen LogP contribution < -0.4 is 25.0 Å². The van der Waals surface area contributed by atoms with Crippen molar-refractivity contribution in [1.82, 2.24) is 10.7 Å². The number of nitrogens with zero attached hydrogens (tertiary/aromatic N) is 1. The van der Waals surface area contributed by atoms with Crippen molar-refractivity contribution in [3.05, 3.63) is 134 Å². The molecule has 0 aliphatic heterocycles. The number of rotatable bonds is 18. The summed E-state index contributed by atoms with van der Waals surface area (Å²) in [5, 5.41) is 8.97. The van der Waals surface area contributed by atoms with Gasteiger partial charge < -0.3 is 19.5 Å². The molecule has 12 heteroatoms. The zero-order valence-corrected chi connectivity index (χ0v) is 30.4. The van der Waals surface area contributed by atoms with Crippen LogP contribution in [0.25, 0.3) is 0 Å². The SMILES string of the molecule is C=CCc1cc(/C=N\NC(=O)[C@@H](Cc2ccccc2)NC(=O)CCCOc2ccc(Cl)cc2Cl)cc(OCC)c1OCc1ccc(Cl)cc1Cl. The molecule has 0 saturated heterocycles. The maximum atomic E-state index is 13.3. The van der Waals surface area contributed by atoms with Crippen molar-refractivity contribution in [3.8, 4) is 17.2 Å². The molecule has 0 unspecified atom stereocenters. The average molecular weight is 758 g/mol. The van der Waals surface area contributed by atoms with E-state index in [2.05, 4.69) is 22.4 Å². The van der Waals surface area contributed by atoms with Crippen LogP contribution in [0.4, 0.5) is 0 Å². The summed E-state index contributed by atoms with van der Waals surface area (Å²) < 4.78 is 17.8. The fraction of sp³-hybridized carbons (Fsp3) is 0.237. The third kappa shape index (κ3) is 12.0. The van der Waals surface area contributed by atoms with E-state index < -0.39 is 11.9 Å². The van der Waals surface area contributed by atoms with Gasteiger partial charge in [0.25, 0.3) is 5.91 Å². The molecule has 0 fully saturated rings. The summed E-state index contributed by atoms with van der Waals surface area (Å²) >= 11 is 24.5. The monoisotopic (exact) mass is 755 g/mol. The molecule has 0 bridgehead atoms. The van der Waals surface area contributed by atoms with Crippen molar-refractivity contribution in [3.63, 3.8) is 0 Å². The first-order chi connectivity index (χ1) is 24.2. The third-order valence-electron chi connectivity index (χ3n) is 7.23. The second-order valence-electron chi connectivity index (χ2n) is 11.0. The fourth-order valence-corrected chi connectivity index (χ4v) is 5.79. The van der Waals surface area contributed by atoms with E-state index in [1.807, 2.05) is 49.4 Å². The van der Waals surface area contributed by atoms with Gasteiger partial charge in [-0.2, -0.15) is 5.10 Å². The molecule has 4 aromatic carbocycles. The van der Waals surface area contributed by atoms with Crippen LogP contribution in [-0.4, -0.2) is 37.3 Å². The lowest BCUT2D eigenvalue weighted by Crippen LogP contribution is -2.46. The Morgan fingerprint density at radius 1 is 0.860 bits per heavy atom. The third-order valence-corrected chi connectivity index (χ3v) is 8.35. The molecule has 2 amide bonds. The molecule has 0 spiro atoms. The van der Waals surface area contributed by atoms with Gasteiger partial charge in [0.1, 0.15) is 18.4 Å². The van der Waals surface area contributed by atoms with Crippen LogP contribution in [0.3, 0.4) is 0 Å². The molecule has 0 aliphatic carbocycles. The van der Waals surface area contributed by atoms with Crippen molar-refractivity contribution in [2.75, 3.05) is 13.2 Å². The molecule has 0 aliphatic rings. The minimum atomic E-state index is -0.876. The average Bonchev–Trinajstić information content (AvgIpc) is 3.08. The molecule has 0 saturated carbocycles. The first-order valence-electron chi connectivity index (χ1n) is 15.9. The first kappa shape index (κ1) is 38.6. The Morgan fingerprint density at radius 2 is 1.60 bits per heavy atom. The van der Waals surface area contributed by atoms with E-state index in [1.165, 1.54) is 6.21 Å². The van der Waals surface area contributed by atoms with E-state index in [4.69, 9.17) is 60.6 Å². The van der Waals surface area contributed by atoms with Crippen LogP contribution in [0.2, 0.25) is 20.1 Å². The van der Waals surface area contributed by atoms with E-state index in [9.17, 15) is 9.59 Å². The van der Waals surface area contributed by atoms with E-state index in [0.29, 0.717) is 62.4 Å². The number of carbonyl (C=O) groups excluding carboxylic acids is 2. The summed E-state index contributed by atoms with van der Waals surface area (Å²) in [6.45, 7) is 6.59. The number of amides is 2. The standard InChI is InChI=1S/C38H37Cl4N3O5/c1-3-9-27-18-26(20-35(48-4-2)37(27)50-24-28-13-14-29(39)21-31(28)41)23-43-45-38(47)33(19-25-10-6-5-7-11-25)44-36(46)12-8-17-49-34-16-15-30(40)22-32(34)42/h3,5-7,10-11,13-16,18,20-23,33H,1,4,8-9,12,17,19,24H2,2H3,(H,44,46)(H,45,47)/b43-23-/t33-/m1/s1. The van der Waals surface area contributed by atoms with Crippen LogP contribution in [0.5, 0.6) is 17.2 Å². The van der Waals surface area contributed by atoms with Gasteiger partial charge in [-0.05, 0) is 73.4 Å². The summed E-state index contributed by atoms with van der Waals surface area (Å²) in [7, 11) is 0. The molecular formula is C38H37Cl4N3O5. The molecule has 50 heavy (non-hydrogen) atoms. The van der Waals surface area contributed by atoms with Gasteiger partial charge in [0, 0.05) is 39.0 Å². The van der Waals surface area contributed by atoms with E-state index in [1.54, 1.807) is 42.5 Å². The molecule has 262 valence electrons. The highest BCUT2D eigenvalue weighted by atomic mass is 35.5. The summed E-state index contributed by atoms with van der Waals surface area (Å²) in [6.07, 6.45) is 4.56. The van der Waals surface area contributed by atoms with E-state index >= 15 is 0 Å². The first-order valence-corrected chi connectivity index (χ1v) is 17.4. The second kappa shape index (κ2) is 19.8. The maximum Gasteiger partial charge on any atom is 0.262 e. The molecule has 2 N–H and O–H groups in total. The van der Waals surface area contributed by atoms with Crippen molar-refractivity contribution < 1.29 is 23.8 Å². The Hall–Kier alpha value is -4.21. The molecular weight excluding hydrogens is 720 g/mol. The van der Waals surface area contributed by atoms with Crippen LogP contribution in [0, 0.1) is 0 Å². The zero-order chi connectivity index (χ0) is 35.9. The van der Waals surface area contributed by atoms with Gasteiger partial charge in [0.2, 0.25) is 5.91 Å². The van der Waals surface area contributed by atoms with Crippen LogP contribution in [0.1, 0.15) is 42.0 Å². The highest BCUT2D eigenvalue weighted by molar-refractivity contribution is 6.35. The normalized spacial score (nSPS) is 11.5. The van der Waals surface area contributed by atoms with Gasteiger partial charge in [-0.15, -0.1) is 6.58 Å². The van der Waals surface area contributed by atoms with Gasteiger partial charge in [0.05, 0.1) is 24.5 Å². The highest BCUT2D eigenvalue weighted by Crippen LogP contribution is 2.35. The Balaban J connectivity index is 1.42. The van der Waals surface area contributed by atoms with Gasteiger partial charge >= 0.3 is 0 Å². The predicted octanol–water partition coefficient (Wildman–Crippen LogP) is 9.04. The lowest BCUT2D eigenvalue weighted by molar-refractivity contribution is -0.129. The van der Waals surface area contributed by atoms with Crippen molar-refractivity contribution in [2.45, 2.75) is 45.3 Å². The quantitative estimate of drug-likeness (QED) is 0.0457. The number of nitrogens with one attached hydrogen (secondary N) is 2. The summed E-state index contributed by atoms with van der Waals surface area (Å²) in [6, 6.07) is 22.3. The molecule has 8 nitrogen and oxygen atoms in total. The predicted molar refractivity (Wildman–Crippen MR) is 201 cm³/mol. The maximum absolute atomic E-state index is 13.3. The molecule has 4 rings (SSSR count). The number of hydrogen-bond acceptors (Lipinski definition) is 6. The number of benzene rings is 4. The Kier molecular flexibility index (Phi) is 15.3. The van der Waals surface area contributed by atoms with Crippen LogP contribution in [0.15, 0.2) is 96.6 Å². The summed E-state index contributed by atoms with van der Waals surface area (Å²) in [5.41, 5.74) is 5.69. The fourth-order valence-electron chi connectivity index (χ4n) is 4.86. The van der Waals surface area contributed by atoms with Crippen LogP contribution >= 0.6 is 46.4 Å². The number of hydrogen-bond donors (Lipinski definition) is 2. The van der Waals surface area contributed by atoms with E-state index in [-0.39, 0.29) is 32.0 Å². The van der Waals surface area contributed by atoms with Gasteiger partial charge in [-0.25, -0.2) is 5.43 Å². The second-order valence-corrected chi connectivity index (χ2v) is 12.7. The largest absolute Gasteiger partial charge is 0.492 e. The number of allylic oxidation sites excluding steroid dienone is 1. The molecule has 0 aromatic heterocycles. The van der Waals surface area contributed by atoms with Crippen molar-refractivity contribution in [1.29, 1.82) is 0 Å². The summed E-state index contributed by atoms with van der Waals surface area (Å²) in [4.78, 5) is 26.2. The number of ether oxygens (including phenoxy) is 3. The van der Waals surface area contributed by atoms with E-state index in [0.717, 1.165) is 16.7 Å².